The topological polar surface area (TPSA) is 485 Å². The summed E-state index contributed by atoms with van der Waals surface area (Å²) >= 11 is 0. The Hall–Kier alpha value is -15.5. The molecule has 0 bridgehead atoms. The number of hydrogen-bond donors (Lipinski definition) is 4. The van der Waals surface area contributed by atoms with Crippen molar-refractivity contribution in [3.63, 3.8) is 0 Å². The van der Waals surface area contributed by atoms with Crippen LogP contribution in [0.1, 0.15) is 93.8 Å². The number of hydrogen-bond acceptors (Lipinski definition) is 29. The van der Waals surface area contributed by atoms with E-state index in [0.717, 1.165) is 18.9 Å². The summed E-state index contributed by atoms with van der Waals surface area (Å²) in [5.41, 5.74) is 2.95. The molecule has 16 aromatic rings. The fourth-order valence-electron chi connectivity index (χ4n) is 15.2. The average Bonchev–Trinajstić information content (AvgIpc) is 1.06. The number of rotatable bonds is 28. The second-order valence-electron chi connectivity index (χ2n) is 32.2. The molecule has 4 aromatic carbocycles. The number of fused-ring (bicyclic) bond motifs is 4. The molecule has 4 amide bonds. The zero-order chi connectivity index (χ0) is 99.7. The van der Waals surface area contributed by atoms with Crippen molar-refractivity contribution < 1.29 is 107 Å². The molecule has 0 spiro atoms. The molecule has 0 atom stereocenters. The molecule has 0 radical (unpaired) electrons. The van der Waals surface area contributed by atoms with Crippen molar-refractivity contribution in [1.29, 1.82) is 0 Å². The van der Waals surface area contributed by atoms with Gasteiger partial charge in [-0.25, -0.2) is 71.7 Å². The quantitative estimate of drug-likeness (QED) is 0.0331. The van der Waals surface area contributed by atoms with E-state index < -0.39 is 110 Å². The first-order chi connectivity index (χ1) is 66.7. The lowest BCUT2D eigenvalue weighted by atomic mass is 10.00. The minimum absolute atomic E-state index is 0.00191. The third-order valence-corrected chi connectivity index (χ3v) is 31.2. The van der Waals surface area contributed by atoms with Crippen LogP contribution >= 0.6 is 0 Å². The Labute approximate surface area is 788 Å². The van der Waals surface area contributed by atoms with E-state index in [2.05, 4.69) is 101 Å². The van der Waals surface area contributed by atoms with Crippen LogP contribution in [-0.4, -0.2) is 227 Å². The highest BCUT2D eigenvalue weighted by molar-refractivity contribution is 7.93. The number of alkyl halides is 8. The van der Waals surface area contributed by atoms with Crippen molar-refractivity contribution in [1.82, 2.24) is 102 Å². The van der Waals surface area contributed by atoms with Crippen molar-refractivity contribution in [2.45, 2.75) is 119 Å². The van der Waals surface area contributed by atoms with E-state index in [-0.39, 0.29) is 133 Å². The minimum Gasteiger partial charge on any atom is -0.434 e. The highest BCUT2D eigenvalue weighted by Gasteiger charge is 2.40. The van der Waals surface area contributed by atoms with Crippen LogP contribution in [0.5, 0.6) is 23.0 Å². The molecule has 41 nitrogen and oxygen atoms in total. The van der Waals surface area contributed by atoms with Gasteiger partial charge in [-0.1, -0.05) is 12.8 Å². The maximum Gasteiger partial charge on any atom is 0.387 e. The smallest absolute Gasteiger partial charge is 0.387 e. The Morgan fingerprint density at radius 3 is 0.829 bits per heavy atom. The van der Waals surface area contributed by atoms with Crippen molar-refractivity contribution in [3.8, 4) is 68.0 Å². The van der Waals surface area contributed by atoms with Gasteiger partial charge in [-0.3, -0.25) is 37.9 Å². The molecule has 140 heavy (non-hydrogen) atoms. The number of ether oxygens (including phenoxy) is 4. The lowest BCUT2D eigenvalue weighted by Gasteiger charge is -2.35. The first-order valence-electron chi connectivity index (χ1n) is 42.2. The maximum absolute atomic E-state index is 13.2. The van der Waals surface area contributed by atoms with Crippen LogP contribution < -0.4 is 40.2 Å². The molecule has 2 saturated carbocycles. The first-order valence-corrected chi connectivity index (χ1v) is 48.4. The zero-order valence-corrected chi connectivity index (χ0v) is 77.6. The number of likely N-dealkylation sites (tertiary alicyclic amines) is 1. The van der Waals surface area contributed by atoms with Gasteiger partial charge in [0, 0.05) is 138 Å². The number of benzene rings is 4. The van der Waals surface area contributed by atoms with Gasteiger partial charge in [-0.05, 0) is 144 Å². The maximum atomic E-state index is 13.2. The second-order valence-corrected chi connectivity index (χ2v) is 41.4. The van der Waals surface area contributed by atoms with Crippen LogP contribution in [0.2, 0.25) is 0 Å². The third kappa shape index (κ3) is 20.6. The number of nitrogens with one attached hydrogen (secondary N) is 4. The number of anilines is 4. The van der Waals surface area contributed by atoms with Gasteiger partial charge in [0.1, 0.15) is 68.0 Å². The molecule has 1 aliphatic heterocycles. The van der Waals surface area contributed by atoms with Crippen LogP contribution in [0.15, 0.2) is 216 Å². The van der Waals surface area contributed by atoms with Gasteiger partial charge in [-0.2, -0.15) is 75.9 Å². The van der Waals surface area contributed by atoms with E-state index in [9.17, 15) is 88.0 Å². The van der Waals surface area contributed by atoms with Crippen LogP contribution in [0, 0.1) is 0 Å². The number of sulfone groups is 4. The number of nitrogens with zero attached hydrogens (tertiary/aromatic N) is 21. The van der Waals surface area contributed by atoms with E-state index in [4.69, 9.17) is 0 Å². The number of aryl methyl sites for hydroxylation is 4. The van der Waals surface area contributed by atoms with Gasteiger partial charge in [0.15, 0.2) is 61.9 Å². The number of carbonyl (C=O) groups is 4. The van der Waals surface area contributed by atoms with Crippen LogP contribution in [0.3, 0.4) is 0 Å². The summed E-state index contributed by atoms with van der Waals surface area (Å²) in [6.45, 7) is -8.85. The van der Waals surface area contributed by atoms with Crippen molar-refractivity contribution in [2.24, 2.45) is 28.2 Å². The van der Waals surface area contributed by atoms with E-state index in [0.29, 0.717) is 61.4 Å². The molecule has 12 aromatic heterocycles. The predicted molar refractivity (Wildman–Crippen MR) is 485 cm³/mol. The molecule has 2 aliphatic carbocycles. The molecule has 13 heterocycles. The highest BCUT2D eigenvalue weighted by Crippen LogP contribution is 2.45. The van der Waals surface area contributed by atoms with Gasteiger partial charge in [-0.15, -0.1) is 0 Å². The number of aromatic nitrogens is 20. The van der Waals surface area contributed by atoms with Gasteiger partial charge >= 0.3 is 26.4 Å². The predicted octanol–water partition coefficient (Wildman–Crippen LogP) is 11.9. The fraction of sp³-hybridized carbons (Fsp3) is 0.264. The molecule has 19 rings (SSSR count). The summed E-state index contributed by atoms with van der Waals surface area (Å²) < 4.78 is 238. The summed E-state index contributed by atoms with van der Waals surface area (Å²) in [7, 11) is -6.64. The normalized spacial score (nSPS) is 13.9. The Morgan fingerprint density at radius 2 is 0.600 bits per heavy atom. The largest absolute Gasteiger partial charge is 0.434 e. The highest BCUT2D eigenvalue weighted by atomic mass is 32.2. The third-order valence-electron chi connectivity index (χ3n) is 22.5. The van der Waals surface area contributed by atoms with E-state index in [1.807, 2.05) is 4.90 Å². The van der Waals surface area contributed by atoms with Gasteiger partial charge in [0.05, 0.1) is 88.1 Å². The molecule has 3 fully saturated rings. The molecular weight excluding hydrogens is 1930 g/mol. The summed E-state index contributed by atoms with van der Waals surface area (Å²) in [5, 5.41) is 41.9. The number of halogens is 8. The summed E-state index contributed by atoms with van der Waals surface area (Å²) in [6.07, 6.45) is 27.7. The first kappa shape index (κ1) is 97.6. The SMILES string of the molecule is CC(C)S(=O)(=O)c1ccc(OC(F)F)c(-c2nn(C)cc2NC(=O)c2cnn3cccnc23)c1.CN1CC(S(=O)(=O)c2ccc(OC(F)F)c(-c3nn(C)cc3NC(=O)c3cnn4cccnc34)c2)C1.Cn1cc(NC(=O)c2cnn3cccnc23)c(-c2cc(S(=O)(=O)C3CCC3)ccc2OC(F)F)n1.Cn1cc(NC(=O)c2cnn3cccnc23)c(-c2cc(S(=O)(=O)C3CCC3)ccc2OC(F)F)n1. The molecule has 53 heteroatoms. The fourth-order valence-corrected chi connectivity index (χ4v) is 21.8. The number of amides is 4. The van der Waals surface area contributed by atoms with Crippen LogP contribution in [0.25, 0.3) is 67.6 Å². The Morgan fingerprint density at radius 1 is 0.357 bits per heavy atom. The minimum atomic E-state index is -3.73. The van der Waals surface area contributed by atoms with Crippen molar-refractivity contribution >= 4 is 108 Å². The molecule has 0 unspecified atom stereocenters. The Bertz CT molecular complexity index is 7700. The zero-order valence-electron chi connectivity index (χ0n) is 74.3. The standard InChI is InChI=1S/C22H21F2N7O4S.2C22H20F2N6O4S.C21H20F2N6O4S/c1-29-10-14(11-29)36(33,34)13-4-5-18(35-22(23)24)15(8-13)19-17(12-30(2)28-19)27-21(32)16-9-26-31-7-3-6-25-20(16)31;2*1-29-12-17(27-21(31)16-11-26-30-9-3-8-25-20(16)30)19(28-29)15-10-14(6-7-18(15)34-22(23)24)35(32,33)13-4-2-5-13;1-12(2)34(31,32)13-5-6-17(33-21(22)23)14(9-13)18-16(11-28(3)27-18)26-20(30)15-10-25-29-8-4-7-24-19(15)29/h3-9,12,14,22H,10-11H2,1-2H3,(H,27,32);2*3,6-13,22H,2,4-5H2,1H3,(H,27,31);4-12,21H,1-3H3,(H,26,30). The summed E-state index contributed by atoms with van der Waals surface area (Å²) in [6, 6.07) is 21.3. The molecular formula is C87H81F8N25O16S4. The van der Waals surface area contributed by atoms with E-state index in [1.165, 1.54) is 192 Å². The van der Waals surface area contributed by atoms with Gasteiger partial charge < -0.3 is 45.1 Å². The molecule has 3 aliphatic rings. The van der Waals surface area contributed by atoms with Gasteiger partial charge in [0.2, 0.25) is 0 Å². The summed E-state index contributed by atoms with van der Waals surface area (Å²) in [4.78, 5) is 70.3. The van der Waals surface area contributed by atoms with Crippen LogP contribution in [0.4, 0.5) is 57.9 Å². The molecule has 4 N–H and O–H groups in total. The van der Waals surface area contributed by atoms with E-state index in [1.54, 1.807) is 84.3 Å². The molecule has 730 valence electrons. The Kier molecular flexibility index (Phi) is 27.8. The van der Waals surface area contributed by atoms with Gasteiger partial charge in [0.25, 0.3) is 23.6 Å². The monoisotopic (exact) mass is 2010 g/mol. The summed E-state index contributed by atoms with van der Waals surface area (Å²) in [5.74, 6) is -3.32. The second kappa shape index (κ2) is 39.9. The van der Waals surface area contributed by atoms with Crippen LogP contribution in [-0.2, 0) is 67.5 Å². The lowest BCUT2D eigenvalue weighted by molar-refractivity contribution is -0.0501. The average molecular weight is 2010 g/mol. The lowest BCUT2D eigenvalue weighted by Crippen LogP contribution is -2.52. The van der Waals surface area contributed by atoms with E-state index >= 15 is 0 Å². The number of carbonyl (C=O) groups excluding carboxylic acids is 4. The van der Waals surface area contributed by atoms with Crippen molar-refractivity contribution in [3.05, 3.63) is 218 Å². The van der Waals surface area contributed by atoms with Crippen molar-refractivity contribution in [2.75, 3.05) is 41.4 Å². The molecule has 1 saturated heterocycles. The Balaban J connectivity index is 0.000000135.